The van der Waals surface area contributed by atoms with Gasteiger partial charge in [0, 0.05) is 18.2 Å². The Bertz CT molecular complexity index is 1110. The van der Waals surface area contributed by atoms with Gasteiger partial charge in [-0.15, -0.1) is 0 Å². The molecule has 0 radical (unpaired) electrons. The minimum absolute atomic E-state index is 0.0391. The quantitative estimate of drug-likeness (QED) is 0.323. The number of aryl methyl sites for hydroxylation is 1. The summed E-state index contributed by atoms with van der Waals surface area (Å²) < 4.78 is 5.73. The van der Waals surface area contributed by atoms with Gasteiger partial charge in [0.25, 0.3) is 5.91 Å². The van der Waals surface area contributed by atoms with Gasteiger partial charge in [0.1, 0.15) is 18.1 Å². The SMILES string of the molecule is CC[C@H](C)N(CC(=O)N(CCc1ccccc1)Cc1ccc(C)o1)C(=O)c1ccc(Cl)c(Cl)c1. The predicted octanol–water partition coefficient (Wildman–Crippen LogP) is 6.41. The standard InChI is InChI=1S/C27H30Cl2N2O3/c1-4-19(2)31(27(33)22-11-13-24(28)25(29)16-22)18-26(32)30(17-23-12-10-20(3)34-23)15-14-21-8-6-5-7-9-21/h5-13,16,19H,4,14-15,17-18H2,1-3H3/t19-/m0/s1. The minimum atomic E-state index is -0.252. The number of carbonyl (C=O) groups is 2. The summed E-state index contributed by atoms with van der Waals surface area (Å²) >= 11 is 12.2. The summed E-state index contributed by atoms with van der Waals surface area (Å²) in [6.07, 6.45) is 1.41. The van der Waals surface area contributed by atoms with Gasteiger partial charge in [-0.25, -0.2) is 0 Å². The molecule has 3 rings (SSSR count). The van der Waals surface area contributed by atoms with Crippen LogP contribution in [0.3, 0.4) is 0 Å². The van der Waals surface area contributed by atoms with Gasteiger partial charge < -0.3 is 14.2 Å². The molecule has 0 aliphatic carbocycles. The Balaban J connectivity index is 1.80. The molecule has 0 aliphatic heterocycles. The normalized spacial score (nSPS) is 11.8. The van der Waals surface area contributed by atoms with Crippen molar-refractivity contribution < 1.29 is 14.0 Å². The number of rotatable bonds is 10. The second-order valence-corrected chi connectivity index (χ2v) is 9.20. The summed E-state index contributed by atoms with van der Waals surface area (Å²) in [5, 5.41) is 0.686. The molecule has 1 atom stereocenters. The third-order valence-electron chi connectivity index (χ3n) is 5.86. The first-order valence-corrected chi connectivity index (χ1v) is 12.2. The zero-order valence-electron chi connectivity index (χ0n) is 19.8. The van der Waals surface area contributed by atoms with E-state index in [2.05, 4.69) is 0 Å². The van der Waals surface area contributed by atoms with E-state index in [4.69, 9.17) is 27.6 Å². The smallest absolute Gasteiger partial charge is 0.254 e. The summed E-state index contributed by atoms with van der Waals surface area (Å²) in [6.45, 7) is 6.62. The lowest BCUT2D eigenvalue weighted by Gasteiger charge is -2.31. The zero-order chi connectivity index (χ0) is 24.7. The van der Waals surface area contributed by atoms with E-state index < -0.39 is 0 Å². The number of hydrogen-bond donors (Lipinski definition) is 0. The van der Waals surface area contributed by atoms with Gasteiger partial charge in [-0.3, -0.25) is 9.59 Å². The van der Waals surface area contributed by atoms with E-state index in [0.717, 1.165) is 11.3 Å². The van der Waals surface area contributed by atoms with Crippen molar-refractivity contribution in [2.45, 2.75) is 46.2 Å². The average Bonchev–Trinajstić information content (AvgIpc) is 3.26. The maximum atomic E-state index is 13.5. The molecule has 0 saturated carbocycles. The van der Waals surface area contributed by atoms with Crippen molar-refractivity contribution in [1.29, 1.82) is 0 Å². The van der Waals surface area contributed by atoms with Crippen LogP contribution >= 0.6 is 23.2 Å². The lowest BCUT2D eigenvalue weighted by molar-refractivity contribution is -0.133. The lowest BCUT2D eigenvalue weighted by Crippen LogP contribution is -2.46. The summed E-state index contributed by atoms with van der Waals surface area (Å²) in [6, 6.07) is 18.4. The van der Waals surface area contributed by atoms with Crippen molar-refractivity contribution in [2.24, 2.45) is 0 Å². The number of hydrogen-bond acceptors (Lipinski definition) is 3. The average molecular weight is 501 g/mol. The fourth-order valence-electron chi connectivity index (χ4n) is 3.65. The minimum Gasteiger partial charge on any atom is -0.464 e. The van der Waals surface area contributed by atoms with Crippen molar-refractivity contribution >= 4 is 35.0 Å². The molecule has 1 aromatic heterocycles. The highest BCUT2D eigenvalue weighted by Crippen LogP contribution is 2.24. The van der Waals surface area contributed by atoms with Crippen molar-refractivity contribution in [3.05, 3.63) is 93.4 Å². The molecule has 2 aromatic carbocycles. The van der Waals surface area contributed by atoms with E-state index in [0.29, 0.717) is 47.3 Å². The second-order valence-electron chi connectivity index (χ2n) is 8.38. The Morgan fingerprint density at radius 2 is 1.74 bits per heavy atom. The Hall–Kier alpha value is -2.76. The van der Waals surface area contributed by atoms with Crippen LogP contribution in [0.2, 0.25) is 10.0 Å². The van der Waals surface area contributed by atoms with Gasteiger partial charge in [-0.1, -0.05) is 60.5 Å². The first kappa shape index (κ1) is 25.9. The first-order valence-electron chi connectivity index (χ1n) is 11.4. The predicted molar refractivity (Wildman–Crippen MR) is 136 cm³/mol. The second kappa shape index (κ2) is 12.1. The van der Waals surface area contributed by atoms with Crippen LogP contribution in [0.1, 0.15) is 47.7 Å². The largest absolute Gasteiger partial charge is 0.464 e. The molecule has 1 heterocycles. The van der Waals surface area contributed by atoms with Crippen molar-refractivity contribution in [1.82, 2.24) is 9.80 Å². The Morgan fingerprint density at radius 1 is 1.00 bits per heavy atom. The van der Waals surface area contributed by atoms with Crippen molar-refractivity contribution in [2.75, 3.05) is 13.1 Å². The highest BCUT2D eigenvalue weighted by molar-refractivity contribution is 6.42. The van der Waals surface area contributed by atoms with Gasteiger partial charge >= 0.3 is 0 Å². The fourth-order valence-corrected chi connectivity index (χ4v) is 3.95. The molecule has 7 heteroatoms. The van der Waals surface area contributed by atoms with Crippen LogP contribution in [-0.4, -0.2) is 40.7 Å². The van der Waals surface area contributed by atoms with E-state index in [9.17, 15) is 9.59 Å². The van der Waals surface area contributed by atoms with Crippen LogP contribution in [0.4, 0.5) is 0 Å². The molecule has 3 aromatic rings. The summed E-state index contributed by atoms with van der Waals surface area (Å²) in [5.41, 5.74) is 1.54. The molecule has 0 N–H and O–H groups in total. The van der Waals surface area contributed by atoms with Crippen molar-refractivity contribution in [3.63, 3.8) is 0 Å². The van der Waals surface area contributed by atoms with Crippen molar-refractivity contribution in [3.8, 4) is 0 Å². The van der Waals surface area contributed by atoms with Crippen LogP contribution < -0.4 is 0 Å². The number of furan rings is 1. The molecule has 5 nitrogen and oxygen atoms in total. The monoisotopic (exact) mass is 500 g/mol. The van der Waals surface area contributed by atoms with Gasteiger partial charge in [-0.05, 0) is 62.6 Å². The molecule has 0 spiro atoms. The number of benzene rings is 2. The van der Waals surface area contributed by atoms with Gasteiger partial charge in [0.2, 0.25) is 5.91 Å². The molecule has 0 aliphatic rings. The van der Waals surface area contributed by atoms with Crippen LogP contribution in [0, 0.1) is 6.92 Å². The Morgan fingerprint density at radius 3 is 2.35 bits per heavy atom. The van der Waals surface area contributed by atoms with Crippen LogP contribution in [0.5, 0.6) is 0 Å². The molecule has 0 saturated heterocycles. The molecular weight excluding hydrogens is 471 g/mol. The first-order chi connectivity index (χ1) is 16.3. The summed E-state index contributed by atoms with van der Waals surface area (Å²) in [5.74, 6) is 1.11. The maximum absolute atomic E-state index is 13.5. The van der Waals surface area contributed by atoms with Crippen LogP contribution in [0.25, 0.3) is 0 Å². The van der Waals surface area contributed by atoms with Crippen LogP contribution in [0.15, 0.2) is 65.1 Å². The highest BCUT2D eigenvalue weighted by atomic mass is 35.5. The molecule has 180 valence electrons. The van der Waals surface area contributed by atoms with E-state index in [-0.39, 0.29) is 24.4 Å². The van der Waals surface area contributed by atoms with Gasteiger partial charge in [-0.2, -0.15) is 0 Å². The molecule has 0 bridgehead atoms. The van der Waals surface area contributed by atoms with E-state index in [1.54, 1.807) is 28.0 Å². The zero-order valence-corrected chi connectivity index (χ0v) is 21.3. The summed E-state index contributed by atoms with van der Waals surface area (Å²) in [4.78, 5) is 30.2. The molecule has 0 fully saturated rings. The van der Waals surface area contributed by atoms with Crippen LogP contribution in [-0.2, 0) is 17.8 Å². The van der Waals surface area contributed by atoms with Gasteiger partial charge in [0.15, 0.2) is 0 Å². The highest BCUT2D eigenvalue weighted by Gasteiger charge is 2.26. The third-order valence-corrected chi connectivity index (χ3v) is 6.60. The Labute approximate surface area is 211 Å². The number of nitrogens with zero attached hydrogens (tertiary/aromatic N) is 2. The molecule has 2 amide bonds. The fraction of sp³-hybridized carbons (Fsp3) is 0.333. The molecule has 0 unspecified atom stereocenters. The number of carbonyl (C=O) groups excluding carboxylic acids is 2. The topological polar surface area (TPSA) is 53.8 Å². The summed E-state index contributed by atoms with van der Waals surface area (Å²) in [7, 11) is 0. The maximum Gasteiger partial charge on any atom is 0.254 e. The van der Waals surface area contributed by atoms with Gasteiger partial charge in [0.05, 0.1) is 16.6 Å². The van der Waals surface area contributed by atoms with E-state index in [1.807, 2.05) is 63.2 Å². The van der Waals surface area contributed by atoms with E-state index in [1.165, 1.54) is 0 Å². The van der Waals surface area contributed by atoms with E-state index >= 15 is 0 Å². The lowest BCUT2D eigenvalue weighted by atomic mass is 10.1. The number of halogens is 2. The third kappa shape index (κ3) is 6.87. The Kier molecular flexibility index (Phi) is 9.20. The molecular formula is C27H30Cl2N2O3. The number of amides is 2. The molecule has 34 heavy (non-hydrogen) atoms.